The van der Waals surface area contributed by atoms with Crippen molar-refractivity contribution in [1.82, 2.24) is 4.98 Å². The first-order valence-corrected chi connectivity index (χ1v) is 6.98. The van der Waals surface area contributed by atoms with Gasteiger partial charge < -0.3 is 0 Å². The molecule has 2 aromatic rings. The Hall–Kier alpha value is -1.31. The second kappa shape index (κ2) is 5.36. The van der Waals surface area contributed by atoms with Gasteiger partial charge in [-0.05, 0) is 23.9 Å². The minimum absolute atomic E-state index is 0.770. The fourth-order valence-corrected chi connectivity index (χ4v) is 1.93. The van der Waals surface area contributed by atoms with Crippen LogP contribution in [0.25, 0.3) is 5.65 Å². The van der Waals surface area contributed by atoms with Gasteiger partial charge in [0.25, 0.3) is 0 Å². The highest BCUT2D eigenvalue weighted by molar-refractivity contribution is 5.31. The van der Waals surface area contributed by atoms with Gasteiger partial charge in [-0.2, -0.15) is 0 Å². The number of fused-ring (bicyclic) bond motifs is 1. The second-order valence-corrected chi connectivity index (χ2v) is 5.16. The van der Waals surface area contributed by atoms with Crippen molar-refractivity contribution in [2.45, 2.75) is 25.7 Å². The Bertz CT molecular complexity index is 575. The highest BCUT2D eigenvalue weighted by Crippen LogP contribution is 2.38. The zero-order valence-corrected chi connectivity index (χ0v) is 11.0. The first kappa shape index (κ1) is 14.1. The van der Waals surface area contributed by atoms with Gasteiger partial charge in [-0.25, -0.2) is 23.0 Å². The van der Waals surface area contributed by atoms with Gasteiger partial charge in [-0.15, -0.1) is 10.2 Å². The monoisotopic (exact) mass is 284 g/mol. The van der Waals surface area contributed by atoms with Gasteiger partial charge in [0.15, 0.2) is 5.69 Å². The molecule has 0 unspecified atom stereocenters. The number of rotatable bonds is 1. The van der Waals surface area contributed by atoms with Crippen molar-refractivity contribution in [3.63, 3.8) is 0 Å². The Morgan fingerprint density at radius 2 is 1.84 bits per heavy atom. The Morgan fingerprint density at radius 3 is 2.42 bits per heavy atom. The van der Waals surface area contributed by atoms with E-state index in [1.165, 1.54) is 18.5 Å². The predicted octanol–water partition coefficient (Wildman–Crippen LogP) is -2.75. The minimum atomic E-state index is -4.94. The summed E-state index contributed by atoms with van der Waals surface area (Å²) in [7, 11) is -4.94. The lowest BCUT2D eigenvalue weighted by Gasteiger charge is -2.17. The lowest BCUT2D eigenvalue weighted by Crippen LogP contribution is -2.68. The number of hydrogen-bond donors (Lipinski definition) is 0. The van der Waals surface area contributed by atoms with Crippen molar-refractivity contribution in [3.8, 4) is 0 Å². The summed E-state index contributed by atoms with van der Waals surface area (Å²) in [6, 6.07) is 8.39. The predicted molar refractivity (Wildman–Crippen MR) is 54.1 cm³/mol. The molecule has 7 heteroatoms. The van der Waals surface area contributed by atoms with Crippen LogP contribution in [0.15, 0.2) is 30.5 Å². The van der Waals surface area contributed by atoms with E-state index in [0.29, 0.717) is 0 Å². The summed E-state index contributed by atoms with van der Waals surface area (Å²) in [5.74, 6) is 0.770. The van der Waals surface area contributed by atoms with Gasteiger partial charge in [0.1, 0.15) is 5.69 Å². The molecular weight excluding hydrogens is 272 g/mol. The normalized spacial score (nSPS) is 15.0. The highest BCUT2D eigenvalue weighted by Gasteiger charge is 2.29. The van der Waals surface area contributed by atoms with Gasteiger partial charge >= 0.3 is 5.65 Å². The molecule has 0 amide bonds. The smallest absolute Gasteiger partial charge is 0.222 e. The van der Waals surface area contributed by atoms with Crippen LogP contribution < -0.4 is 23.0 Å². The van der Waals surface area contributed by atoms with Crippen LogP contribution in [0.1, 0.15) is 30.1 Å². The average molecular weight is 285 g/mol. The third kappa shape index (κ3) is 4.38. The van der Waals surface area contributed by atoms with Gasteiger partial charge in [0.2, 0.25) is 0 Å². The molecule has 0 spiro atoms. The summed E-state index contributed by atoms with van der Waals surface area (Å²) in [5.41, 5.74) is 3.61. The molecule has 2 heterocycles. The van der Waals surface area contributed by atoms with Crippen LogP contribution in [0.3, 0.4) is 0 Å². The van der Waals surface area contributed by atoms with Gasteiger partial charge in [0, 0.05) is 25.0 Å². The quantitative estimate of drug-likeness (QED) is 0.527. The Labute approximate surface area is 112 Å². The van der Waals surface area contributed by atoms with Crippen LogP contribution in [0, 0.1) is 17.2 Å². The average Bonchev–Trinajstić information content (AvgIpc) is 3.09. The zero-order chi connectivity index (χ0) is 14.0. The van der Waals surface area contributed by atoms with Crippen molar-refractivity contribution in [3.05, 3.63) is 41.9 Å². The molecular formula is C12H13ClN2O4. The molecule has 6 nitrogen and oxygen atoms in total. The molecule has 0 aliphatic heterocycles. The number of hydrogen-bond acceptors (Lipinski definition) is 5. The number of aryl methyl sites for hydroxylation is 1. The standard InChI is InChI=1S/C12H13N2.ClHO4/c1-9-8-11(10-5-6-10)14-7-3-2-4-12(14)13-9;2-1(3,4)5/h2-4,7-8,10H,5-6H2,1H3;(H,2,3,4,5)/q+1;/p-1. The fourth-order valence-electron chi connectivity index (χ4n) is 1.93. The Kier molecular flexibility index (Phi) is 3.98. The van der Waals surface area contributed by atoms with Gasteiger partial charge in [0.05, 0.1) is 6.20 Å². The maximum atomic E-state index is 8.49. The molecule has 0 bridgehead atoms. The van der Waals surface area contributed by atoms with Crippen LogP contribution in [-0.4, -0.2) is 4.98 Å². The van der Waals surface area contributed by atoms with E-state index in [2.05, 4.69) is 40.7 Å². The maximum Gasteiger partial charge on any atom is 0.328 e. The van der Waals surface area contributed by atoms with Gasteiger partial charge in [-0.1, -0.05) is 6.07 Å². The van der Waals surface area contributed by atoms with Crippen molar-refractivity contribution < 1.29 is 33.3 Å². The molecule has 1 aliphatic rings. The van der Waals surface area contributed by atoms with Crippen molar-refractivity contribution in [1.29, 1.82) is 0 Å². The third-order valence-corrected chi connectivity index (χ3v) is 2.76. The lowest BCUT2D eigenvalue weighted by atomic mass is 10.2. The van der Waals surface area contributed by atoms with E-state index in [1.54, 1.807) is 0 Å². The molecule has 1 saturated carbocycles. The number of aromatic nitrogens is 2. The van der Waals surface area contributed by atoms with Crippen LogP contribution >= 0.6 is 0 Å². The summed E-state index contributed by atoms with van der Waals surface area (Å²) >= 11 is 0. The molecule has 2 aromatic heterocycles. The minimum Gasteiger partial charge on any atom is -0.222 e. The topological polar surface area (TPSA) is 109 Å². The third-order valence-electron chi connectivity index (χ3n) is 2.76. The van der Waals surface area contributed by atoms with Crippen molar-refractivity contribution in [2.24, 2.45) is 0 Å². The molecule has 3 rings (SSSR count). The zero-order valence-electron chi connectivity index (χ0n) is 10.3. The maximum absolute atomic E-state index is 8.49. The van der Waals surface area contributed by atoms with E-state index in [-0.39, 0.29) is 0 Å². The fraction of sp³-hybridized carbons (Fsp3) is 0.333. The van der Waals surface area contributed by atoms with E-state index in [0.717, 1.165) is 17.3 Å². The molecule has 1 fully saturated rings. The van der Waals surface area contributed by atoms with Crippen molar-refractivity contribution >= 4 is 5.65 Å². The Balaban J connectivity index is 0.000000232. The summed E-state index contributed by atoms with van der Waals surface area (Å²) in [5, 5.41) is 0. The number of halogens is 1. The molecule has 1 aliphatic carbocycles. The summed E-state index contributed by atoms with van der Waals surface area (Å²) in [6.07, 6.45) is 4.77. The molecule has 0 atom stereocenters. The summed E-state index contributed by atoms with van der Waals surface area (Å²) < 4.78 is 36.2. The highest BCUT2D eigenvalue weighted by atomic mass is 35.7. The van der Waals surface area contributed by atoms with Crippen LogP contribution in [0.5, 0.6) is 0 Å². The van der Waals surface area contributed by atoms with Crippen LogP contribution in [0.4, 0.5) is 0 Å². The molecule has 102 valence electrons. The van der Waals surface area contributed by atoms with Crippen LogP contribution in [-0.2, 0) is 0 Å². The summed E-state index contributed by atoms with van der Waals surface area (Å²) in [6.45, 7) is 2.07. The SMILES string of the molecule is Cc1cc(C2CC2)[n+]2ccccc2n1.[O-][Cl+3]([O-])([O-])[O-]. The van der Waals surface area contributed by atoms with E-state index >= 15 is 0 Å². The Morgan fingerprint density at radius 1 is 1.21 bits per heavy atom. The number of pyridine rings is 1. The first-order valence-electron chi connectivity index (χ1n) is 5.74. The largest absolute Gasteiger partial charge is 0.328 e. The van der Waals surface area contributed by atoms with E-state index in [4.69, 9.17) is 18.6 Å². The van der Waals surface area contributed by atoms with Gasteiger partial charge in [-0.3, -0.25) is 0 Å². The number of nitrogens with zero attached hydrogens (tertiary/aromatic N) is 2. The molecule has 0 N–H and O–H groups in total. The first-order chi connectivity index (χ1) is 8.84. The van der Waals surface area contributed by atoms with E-state index < -0.39 is 10.2 Å². The second-order valence-electron chi connectivity index (χ2n) is 4.40. The van der Waals surface area contributed by atoms with Crippen LogP contribution in [0.2, 0.25) is 0 Å². The molecule has 19 heavy (non-hydrogen) atoms. The molecule has 0 aromatic carbocycles. The molecule has 0 saturated heterocycles. The van der Waals surface area contributed by atoms with E-state index in [9.17, 15) is 0 Å². The van der Waals surface area contributed by atoms with E-state index in [1.807, 2.05) is 6.07 Å². The summed E-state index contributed by atoms with van der Waals surface area (Å²) in [4.78, 5) is 4.51. The molecule has 0 radical (unpaired) electrons. The van der Waals surface area contributed by atoms with Crippen molar-refractivity contribution in [2.75, 3.05) is 0 Å². The lowest BCUT2D eigenvalue weighted by molar-refractivity contribution is -2.00.